The zero-order chi connectivity index (χ0) is 20.4. The fourth-order valence-electron chi connectivity index (χ4n) is 2.22. The minimum atomic E-state index is -4.45. The van der Waals surface area contributed by atoms with Crippen LogP contribution in [0.15, 0.2) is 17.1 Å². The largest absolute Gasteiger partial charge is 0.411 e. The summed E-state index contributed by atoms with van der Waals surface area (Å²) in [4.78, 5) is 21.8. The van der Waals surface area contributed by atoms with Gasteiger partial charge in [0.2, 0.25) is 5.95 Å². The van der Waals surface area contributed by atoms with Crippen LogP contribution in [0.3, 0.4) is 0 Å². The molecule has 0 saturated heterocycles. The molecule has 2 atom stereocenters. The third kappa shape index (κ3) is 6.16. The minimum absolute atomic E-state index is 0.0171. The zero-order valence-electron chi connectivity index (χ0n) is 16.2. The van der Waals surface area contributed by atoms with Gasteiger partial charge in [0, 0.05) is 12.0 Å². The Hall–Kier alpha value is -2.23. The van der Waals surface area contributed by atoms with E-state index in [1.165, 1.54) is 19.1 Å². The van der Waals surface area contributed by atoms with Crippen LogP contribution in [0.4, 0.5) is 25.1 Å². The van der Waals surface area contributed by atoms with Crippen LogP contribution in [0.5, 0.6) is 0 Å². The van der Waals surface area contributed by atoms with E-state index in [2.05, 4.69) is 30.7 Å². The van der Waals surface area contributed by atoms with Gasteiger partial charge in [0.25, 0.3) is 5.95 Å². The summed E-state index contributed by atoms with van der Waals surface area (Å²) in [5, 5.41) is 3.01. The molecule has 0 saturated carbocycles. The van der Waals surface area contributed by atoms with Crippen molar-refractivity contribution in [1.29, 1.82) is 0 Å². The Kier molecular flexibility index (Phi) is 6.08. The van der Waals surface area contributed by atoms with Gasteiger partial charge in [-0.3, -0.25) is 9.83 Å². The average molecular weight is 386 g/mol. The van der Waals surface area contributed by atoms with E-state index in [0.29, 0.717) is 0 Å². The van der Waals surface area contributed by atoms with Crippen LogP contribution in [-0.2, 0) is 4.84 Å². The van der Waals surface area contributed by atoms with Gasteiger partial charge in [-0.2, -0.15) is 28.1 Å². The van der Waals surface area contributed by atoms with Crippen LogP contribution in [-0.4, -0.2) is 44.5 Å². The van der Waals surface area contributed by atoms with E-state index in [-0.39, 0.29) is 29.5 Å². The van der Waals surface area contributed by atoms with Gasteiger partial charge in [0.15, 0.2) is 11.9 Å². The molecular weight excluding hydrogens is 361 g/mol. The molecule has 7 nitrogen and oxygen atoms in total. The first-order valence-electron chi connectivity index (χ1n) is 8.65. The molecule has 150 valence electrons. The molecule has 1 aromatic rings. The topological polar surface area (TPSA) is 84.3 Å². The Balaban J connectivity index is 2.40. The van der Waals surface area contributed by atoms with Crippen molar-refractivity contribution in [3.8, 4) is 0 Å². The number of allylic oxidation sites excluding steroid dienone is 1. The Morgan fingerprint density at radius 2 is 1.70 bits per heavy atom. The maximum absolute atomic E-state index is 13.2. The summed E-state index contributed by atoms with van der Waals surface area (Å²) in [5.41, 5.74) is 2.15. The molecule has 0 spiro atoms. The second-order valence-electron chi connectivity index (χ2n) is 7.64. The highest BCUT2D eigenvalue weighted by Gasteiger charge is 2.43. The molecule has 1 aromatic heterocycles. The summed E-state index contributed by atoms with van der Waals surface area (Å²) in [6, 6.07) is -1.82. The van der Waals surface area contributed by atoms with Crippen molar-refractivity contribution in [2.45, 2.75) is 65.4 Å². The summed E-state index contributed by atoms with van der Waals surface area (Å²) < 4.78 is 39.7. The quantitative estimate of drug-likeness (QED) is 0.750. The predicted molar refractivity (Wildman–Crippen MR) is 97.7 cm³/mol. The second-order valence-corrected chi connectivity index (χ2v) is 7.64. The minimum Gasteiger partial charge on any atom is -0.352 e. The second kappa shape index (κ2) is 7.79. The monoisotopic (exact) mass is 386 g/mol. The zero-order valence-corrected chi connectivity index (χ0v) is 16.2. The van der Waals surface area contributed by atoms with E-state index in [0.717, 1.165) is 0 Å². The number of dihydropyridines is 1. The first kappa shape index (κ1) is 21.1. The third-order valence-electron chi connectivity index (χ3n) is 3.40. The SMILES string of the molecule is CC(C)Nc1nc(NOC(C)(C)C)nc(C2=NC(C(F)(F)F)C(C)C=C2)n1. The first-order chi connectivity index (χ1) is 12.3. The number of hydrogen-bond donors (Lipinski definition) is 2. The van der Waals surface area contributed by atoms with Crippen LogP contribution in [0, 0.1) is 5.92 Å². The highest BCUT2D eigenvalue weighted by atomic mass is 19.4. The molecule has 0 aromatic carbocycles. The van der Waals surface area contributed by atoms with E-state index in [9.17, 15) is 13.2 Å². The number of aliphatic imine (C=N–C) groups is 1. The number of anilines is 2. The lowest BCUT2D eigenvalue weighted by atomic mass is 9.97. The van der Waals surface area contributed by atoms with Crippen molar-refractivity contribution >= 4 is 17.6 Å². The maximum atomic E-state index is 13.2. The molecule has 1 aliphatic rings. The molecule has 0 bridgehead atoms. The molecule has 2 rings (SSSR count). The average Bonchev–Trinajstić information content (AvgIpc) is 2.50. The summed E-state index contributed by atoms with van der Waals surface area (Å²) in [7, 11) is 0. The summed E-state index contributed by atoms with van der Waals surface area (Å²) in [6.45, 7) is 10.7. The number of halogens is 3. The molecule has 0 radical (unpaired) electrons. The highest BCUT2D eigenvalue weighted by molar-refractivity contribution is 6.07. The van der Waals surface area contributed by atoms with E-state index < -0.39 is 23.7 Å². The van der Waals surface area contributed by atoms with Crippen molar-refractivity contribution in [2.75, 3.05) is 10.8 Å². The van der Waals surface area contributed by atoms with Crippen molar-refractivity contribution in [3.63, 3.8) is 0 Å². The van der Waals surface area contributed by atoms with Gasteiger partial charge in [-0.1, -0.05) is 13.0 Å². The standard InChI is InChI=1S/C17H25F3N6O/c1-9(2)21-14-23-13(24-15(25-14)26-27-16(4,5)6)11-8-7-10(3)12(22-11)17(18,19)20/h7-10,12H,1-6H3,(H2,21,23,24,25,26). The molecule has 0 amide bonds. The smallest absolute Gasteiger partial charge is 0.352 e. The van der Waals surface area contributed by atoms with Crippen LogP contribution >= 0.6 is 0 Å². The summed E-state index contributed by atoms with van der Waals surface area (Å²) in [5.74, 6) is -0.430. The normalized spacial score (nSPS) is 20.6. The fraction of sp³-hybridized carbons (Fsp3) is 0.647. The maximum Gasteiger partial charge on any atom is 0.411 e. The van der Waals surface area contributed by atoms with E-state index in [1.807, 2.05) is 34.6 Å². The lowest BCUT2D eigenvalue weighted by Gasteiger charge is -2.24. The lowest BCUT2D eigenvalue weighted by Crippen LogP contribution is -2.35. The van der Waals surface area contributed by atoms with Gasteiger partial charge in [-0.25, -0.2) is 5.48 Å². The van der Waals surface area contributed by atoms with Gasteiger partial charge in [-0.05, 0) is 40.7 Å². The Bertz CT molecular complexity index is 724. The van der Waals surface area contributed by atoms with Crippen LogP contribution in [0.1, 0.15) is 47.4 Å². The van der Waals surface area contributed by atoms with Gasteiger partial charge in [0.05, 0.1) is 5.60 Å². The van der Waals surface area contributed by atoms with E-state index in [1.54, 1.807) is 0 Å². The number of aromatic nitrogens is 3. The molecule has 27 heavy (non-hydrogen) atoms. The molecule has 2 unspecified atom stereocenters. The van der Waals surface area contributed by atoms with E-state index >= 15 is 0 Å². The summed E-state index contributed by atoms with van der Waals surface area (Å²) >= 11 is 0. The molecule has 0 aliphatic carbocycles. The van der Waals surface area contributed by atoms with Crippen molar-refractivity contribution in [1.82, 2.24) is 15.0 Å². The first-order valence-corrected chi connectivity index (χ1v) is 8.65. The Labute approximate surface area is 156 Å². The van der Waals surface area contributed by atoms with Crippen molar-refractivity contribution < 1.29 is 18.0 Å². The predicted octanol–water partition coefficient (Wildman–Crippen LogP) is 3.76. The van der Waals surface area contributed by atoms with Crippen LogP contribution in [0.25, 0.3) is 0 Å². The molecule has 10 heteroatoms. The molecular formula is C17H25F3N6O. The van der Waals surface area contributed by atoms with Crippen LogP contribution < -0.4 is 10.8 Å². The Morgan fingerprint density at radius 1 is 1.07 bits per heavy atom. The fourth-order valence-corrected chi connectivity index (χ4v) is 2.22. The number of alkyl halides is 3. The lowest BCUT2D eigenvalue weighted by molar-refractivity contribution is -0.153. The highest BCUT2D eigenvalue weighted by Crippen LogP contribution is 2.31. The van der Waals surface area contributed by atoms with Crippen molar-refractivity contribution in [3.05, 3.63) is 18.0 Å². The van der Waals surface area contributed by atoms with Gasteiger partial charge < -0.3 is 5.32 Å². The number of rotatable bonds is 5. The summed E-state index contributed by atoms with van der Waals surface area (Å²) in [6.07, 6.45) is -1.49. The van der Waals surface area contributed by atoms with Gasteiger partial charge in [0.1, 0.15) is 5.71 Å². The number of nitrogens with zero attached hydrogens (tertiary/aromatic N) is 4. The van der Waals surface area contributed by atoms with Gasteiger partial charge in [-0.15, -0.1) is 0 Å². The number of nitrogens with one attached hydrogen (secondary N) is 2. The third-order valence-corrected chi connectivity index (χ3v) is 3.40. The number of hydrogen-bond acceptors (Lipinski definition) is 7. The van der Waals surface area contributed by atoms with Crippen molar-refractivity contribution in [2.24, 2.45) is 10.9 Å². The molecule has 2 N–H and O–H groups in total. The molecule has 0 fully saturated rings. The van der Waals surface area contributed by atoms with Gasteiger partial charge >= 0.3 is 6.18 Å². The molecule has 2 heterocycles. The van der Waals surface area contributed by atoms with Crippen LogP contribution in [0.2, 0.25) is 0 Å². The Morgan fingerprint density at radius 3 is 2.26 bits per heavy atom. The van der Waals surface area contributed by atoms with E-state index in [4.69, 9.17) is 4.84 Å². The molecule has 1 aliphatic heterocycles.